The Hall–Kier alpha value is -1.54. The average Bonchev–Trinajstić information content (AvgIpc) is 3.37. The summed E-state index contributed by atoms with van der Waals surface area (Å²) in [6.45, 7) is 6.11. The lowest BCUT2D eigenvalue weighted by Crippen LogP contribution is -2.37. The quantitative estimate of drug-likeness (QED) is 0.747. The van der Waals surface area contributed by atoms with Crippen LogP contribution in [0.1, 0.15) is 26.7 Å². The number of hydrogen-bond donors (Lipinski definition) is 0. The van der Waals surface area contributed by atoms with Crippen LogP contribution in [0.25, 0.3) is 0 Å². The number of fused-ring (bicyclic) bond motifs is 1. The molecule has 146 valence electrons. The summed E-state index contributed by atoms with van der Waals surface area (Å²) in [5.41, 5.74) is 2.05. The Balaban J connectivity index is 1.66. The average molecular weight is 408 g/mol. The van der Waals surface area contributed by atoms with Gasteiger partial charge in [-0.15, -0.1) is 0 Å². The van der Waals surface area contributed by atoms with Gasteiger partial charge in [0.1, 0.15) is 0 Å². The standard InChI is InChI=1S/C19H25N3O3S2/c1-3-21(4-2)14-7-9-15(10-8-14)22-16-11-27(24,25)12-17(16)26-19(22)20-18(23)13-5-6-13/h7-10,13,16-17H,3-6,11-12H2,1-2H3/t16-,17+/m0/s1. The van der Waals surface area contributed by atoms with E-state index in [-0.39, 0.29) is 34.6 Å². The van der Waals surface area contributed by atoms with Gasteiger partial charge in [-0.05, 0) is 51.0 Å². The van der Waals surface area contributed by atoms with Crippen LogP contribution in [0.4, 0.5) is 11.4 Å². The smallest absolute Gasteiger partial charge is 0.251 e. The maximum atomic E-state index is 12.3. The third-order valence-electron chi connectivity index (χ3n) is 5.46. The molecule has 0 bridgehead atoms. The Bertz CT molecular complexity index is 859. The summed E-state index contributed by atoms with van der Waals surface area (Å²) in [5, 5.41) is 0.607. The molecule has 1 aliphatic carbocycles. The zero-order valence-corrected chi connectivity index (χ0v) is 17.3. The molecule has 0 aromatic heterocycles. The zero-order chi connectivity index (χ0) is 19.2. The Labute approximate surface area is 164 Å². The molecular formula is C19H25N3O3S2. The van der Waals surface area contributed by atoms with Crippen molar-refractivity contribution in [2.45, 2.75) is 38.0 Å². The van der Waals surface area contributed by atoms with Crippen molar-refractivity contribution in [1.82, 2.24) is 0 Å². The Morgan fingerprint density at radius 1 is 1.19 bits per heavy atom. The topological polar surface area (TPSA) is 70.0 Å². The number of anilines is 2. The molecule has 27 heavy (non-hydrogen) atoms. The van der Waals surface area contributed by atoms with Crippen molar-refractivity contribution < 1.29 is 13.2 Å². The van der Waals surface area contributed by atoms with Gasteiger partial charge in [-0.3, -0.25) is 4.79 Å². The summed E-state index contributed by atoms with van der Waals surface area (Å²) in [7, 11) is -3.04. The van der Waals surface area contributed by atoms with E-state index in [0.29, 0.717) is 5.17 Å². The van der Waals surface area contributed by atoms with Crippen LogP contribution in [0.2, 0.25) is 0 Å². The van der Waals surface area contributed by atoms with Crippen molar-refractivity contribution >= 4 is 44.0 Å². The molecule has 6 nitrogen and oxygen atoms in total. The molecule has 0 unspecified atom stereocenters. The molecule has 2 atom stereocenters. The number of benzene rings is 1. The van der Waals surface area contributed by atoms with Gasteiger partial charge >= 0.3 is 0 Å². The van der Waals surface area contributed by atoms with Gasteiger partial charge in [0.05, 0.1) is 17.5 Å². The lowest BCUT2D eigenvalue weighted by Gasteiger charge is -2.26. The van der Waals surface area contributed by atoms with Gasteiger partial charge in [0.15, 0.2) is 15.0 Å². The van der Waals surface area contributed by atoms with Crippen LogP contribution in [-0.4, -0.2) is 55.4 Å². The fourth-order valence-corrected chi connectivity index (χ4v) is 7.71. The number of amides is 1. The molecule has 1 aromatic carbocycles. The van der Waals surface area contributed by atoms with E-state index in [1.807, 2.05) is 17.0 Å². The van der Waals surface area contributed by atoms with E-state index in [9.17, 15) is 13.2 Å². The third-order valence-corrected chi connectivity index (χ3v) is 8.67. The summed E-state index contributed by atoms with van der Waals surface area (Å²) >= 11 is 1.45. The molecule has 0 N–H and O–H groups in total. The number of amidine groups is 1. The van der Waals surface area contributed by atoms with Crippen LogP contribution in [0.15, 0.2) is 29.3 Å². The van der Waals surface area contributed by atoms with Gasteiger partial charge in [-0.1, -0.05) is 11.8 Å². The number of carbonyl (C=O) groups excluding carboxylic acids is 1. The molecule has 2 saturated heterocycles. The van der Waals surface area contributed by atoms with E-state index in [1.54, 1.807) is 0 Å². The second-order valence-corrected chi connectivity index (χ2v) is 10.7. The fourth-order valence-electron chi connectivity index (χ4n) is 3.80. The van der Waals surface area contributed by atoms with Gasteiger partial charge in [0.2, 0.25) is 0 Å². The maximum absolute atomic E-state index is 12.3. The van der Waals surface area contributed by atoms with Crippen molar-refractivity contribution in [2.75, 3.05) is 34.4 Å². The molecular weight excluding hydrogens is 382 g/mol. The van der Waals surface area contributed by atoms with Crippen molar-refractivity contribution in [3.8, 4) is 0 Å². The number of sulfone groups is 1. The molecule has 1 amide bonds. The number of thioether (sulfide) groups is 1. The minimum absolute atomic E-state index is 0.0526. The molecule has 0 spiro atoms. The van der Waals surface area contributed by atoms with E-state index in [1.165, 1.54) is 11.8 Å². The van der Waals surface area contributed by atoms with E-state index < -0.39 is 9.84 Å². The second kappa shape index (κ2) is 7.13. The first kappa shape index (κ1) is 18.8. The molecule has 2 heterocycles. The number of nitrogens with zero attached hydrogens (tertiary/aromatic N) is 3. The maximum Gasteiger partial charge on any atom is 0.251 e. The van der Waals surface area contributed by atoms with Crippen LogP contribution in [0.3, 0.4) is 0 Å². The molecule has 4 rings (SSSR count). The van der Waals surface area contributed by atoms with E-state index in [2.05, 4.69) is 35.9 Å². The monoisotopic (exact) mass is 407 g/mol. The van der Waals surface area contributed by atoms with Gasteiger partial charge in [0.25, 0.3) is 5.91 Å². The first-order chi connectivity index (χ1) is 12.9. The second-order valence-electron chi connectivity index (χ2n) is 7.37. The predicted octanol–water partition coefficient (Wildman–Crippen LogP) is 2.54. The van der Waals surface area contributed by atoms with E-state index in [0.717, 1.165) is 37.3 Å². The van der Waals surface area contributed by atoms with Crippen LogP contribution in [0.5, 0.6) is 0 Å². The van der Waals surface area contributed by atoms with Gasteiger partial charge < -0.3 is 9.80 Å². The van der Waals surface area contributed by atoms with Crippen molar-refractivity contribution in [2.24, 2.45) is 10.9 Å². The lowest BCUT2D eigenvalue weighted by molar-refractivity contribution is -0.118. The summed E-state index contributed by atoms with van der Waals surface area (Å²) < 4.78 is 24.3. The zero-order valence-electron chi connectivity index (χ0n) is 15.7. The number of aliphatic imine (C=N–C) groups is 1. The first-order valence-electron chi connectivity index (χ1n) is 9.55. The molecule has 1 aromatic rings. The minimum Gasteiger partial charge on any atom is -0.372 e. The van der Waals surface area contributed by atoms with Crippen molar-refractivity contribution in [3.05, 3.63) is 24.3 Å². The van der Waals surface area contributed by atoms with Gasteiger partial charge in [-0.25, -0.2) is 8.42 Å². The fraction of sp³-hybridized carbons (Fsp3) is 0.579. The lowest BCUT2D eigenvalue weighted by atomic mass is 10.2. The molecule has 3 fully saturated rings. The highest BCUT2D eigenvalue weighted by atomic mass is 32.2. The largest absolute Gasteiger partial charge is 0.372 e. The Morgan fingerprint density at radius 2 is 1.85 bits per heavy atom. The predicted molar refractivity (Wildman–Crippen MR) is 111 cm³/mol. The molecule has 8 heteroatoms. The third kappa shape index (κ3) is 3.74. The van der Waals surface area contributed by atoms with Crippen LogP contribution in [0, 0.1) is 5.92 Å². The molecule has 2 aliphatic heterocycles. The summed E-state index contributed by atoms with van der Waals surface area (Å²) in [5.74, 6) is 0.283. The van der Waals surface area contributed by atoms with Crippen molar-refractivity contribution in [1.29, 1.82) is 0 Å². The number of rotatable bonds is 5. The van der Waals surface area contributed by atoms with Gasteiger partial charge in [-0.2, -0.15) is 4.99 Å². The normalized spacial score (nSPS) is 27.8. The summed E-state index contributed by atoms with van der Waals surface area (Å²) in [6, 6.07) is 8.00. The Kier molecular flexibility index (Phi) is 4.96. The number of hydrogen-bond acceptors (Lipinski definition) is 5. The summed E-state index contributed by atoms with van der Waals surface area (Å²) in [6.07, 6.45) is 1.83. The molecule has 3 aliphatic rings. The van der Waals surface area contributed by atoms with Crippen LogP contribution in [-0.2, 0) is 14.6 Å². The molecule has 1 saturated carbocycles. The first-order valence-corrected chi connectivity index (χ1v) is 12.3. The highest BCUT2D eigenvalue weighted by Gasteiger charge is 2.49. The van der Waals surface area contributed by atoms with Gasteiger partial charge in [0, 0.05) is 35.6 Å². The minimum atomic E-state index is -3.04. The van der Waals surface area contributed by atoms with Crippen LogP contribution < -0.4 is 9.80 Å². The van der Waals surface area contributed by atoms with E-state index in [4.69, 9.17) is 0 Å². The summed E-state index contributed by atoms with van der Waals surface area (Å²) in [4.78, 5) is 20.9. The highest BCUT2D eigenvalue weighted by Crippen LogP contribution is 2.42. The van der Waals surface area contributed by atoms with E-state index >= 15 is 0 Å². The Morgan fingerprint density at radius 3 is 2.44 bits per heavy atom. The SMILES string of the molecule is CCN(CC)c1ccc(N2C(=NC(=O)C3CC3)S[C@@H]3CS(=O)(=O)C[C@@H]32)cc1. The van der Waals surface area contributed by atoms with Crippen molar-refractivity contribution in [3.63, 3.8) is 0 Å². The van der Waals surface area contributed by atoms with Crippen LogP contribution >= 0.6 is 11.8 Å². The highest BCUT2D eigenvalue weighted by molar-refractivity contribution is 8.16. The number of carbonyl (C=O) groups is 1. The molecule has 0 radical (unpaired) electrons.